The molecule has 0 spiro atoms. The fourth-order valence-electron chi connectivity index (χ4n) is 4.33. The van der Waals surface area contributed by atoms with Crippen molar-refractivity contribution in [2.75, 3.05) is 0 Å². The summed E-state index contributed by atoms with van der Waals surface area (Å²) in [4.78, 5) is 2.30. The first-order chi connectivity index (χ1) is 10.2. The summed E-state index contributed by atoms with van der Waals surface area (Å²) in [6.45, 7) is 17.7. The second-order valence-electron chi connectivity index (χ2n) is 6.95. The molecule has 2 aromatic rings. The fraction of sp³-hybridized carbons (Fsp3) is 0.333. The third-order valence-corrected chi connectivity index (χ3v) is 14.2. The van der Waals surface area contributed by atoms with Gasteiger partial charge in [-0.3, -0.25) is 0 Å². The predicted molar refractivity (Wildman–Crippen MR) is 102 cm³/mol. The summed E-state index contributed by atoms with van der Waals surface area (Å²) in [6.07, 6.45) is 0. The van der Waals surface area contributed by atoms with Gasteiger partial charge in [0.1, 0.15) is 0 Å². The summed E-state index contributed by atoms with van der Waals surface area (Å²) in [5, 5.41) is 0. The Morgan fingerprint density at radius 2 is 0.955 bits per heavy atom. The molecule has 0 aliphatic heterocycles. The maximum atomic E-state index is 4.28. The molecule has 0 heterocycles. The van der Waals surface area contributed by atoms with Crippen molar-refractivity contribution < 1.29 is 0 Å². The van der Waals surface area contributed by atoms with Crippen LogP contribution in [0.3, 0.4) is 0 Å². The van der Waals surface area contributed by atoms with Crippen LogP contribution in [-0.2, 0) is 0 Å². The van der Waals surface area contributed by atoms with Crippen LogP contribution < -0.4 is 8.79 Å². The van der Waals surface area contributed by atoms with Crippen molar-refractivity contribution >= 4 is 22.1 Å². The SMILES string of the molecule is C=[CH][Ge]([CH3])([c]1c(C)cc(C)cc1C)[c]1c(C)cc(C)cc1C. The molecule has 0 N–H and O–H groups in total. The zero-order chi connectivity index (χ0) is 16.7. The average Bonchev–Trinajstić information content (AvgIpc) is 2.35. The molecule has 0 aliphatic rings. The molecule has 2 aromatic carbocycles. The van der Waals surface area contributed by atoms with E-state index in [1.165, 1.54) is 33.4 Å². The minimum atomic E-state index is -2.56. The molecule has 0 radical (unpaired) electrons. The molecule has 22 heavy (non-hydrogen) atoms. The van der Waals surface area contributed by atoms with Gasteiger partial charge in [0.25, 0.3) is 0 Å². The molecule has 0 aromatic heterocycles. The molecule has 0 saturated heterocycles. The van der Waals surface area contributed by atoms with Crippen molar-refractivity contribution in [2.24, 2.45) is 0 Å². The van der Waals surface area contributed by atoms with Crippen LogP contribution in [0.15, 0.2) is 35.8 Å². The van der Waals surface area contributed by atoms with E-state index in [0.717, 1.165) is 0 Å². The first-order valence-electron chi connectivity index (χ1n) is 8.01. The van der Waals surface area contributed by atoms with Crippen LogP contribution >= 0.6 is 0 Å². The molecule has 0 amide bonds. The zero-order valence-electron chi connectivity index (χ0n) is 15.1. The first kappa shape index (κ1) is 17.1. The van der Waals surface area contributed by atoms with Crippen LogP contribution in [0.25, 0.3) is 0 Å². The van der Waals surface area contributed by atoms with E-state index < -0.39 is 13.3 Å². The van der Waals surface area contributed by atoms with Gasteiger partial charge in [-0.05, 0) is 0 Å². The Morgan fingerprint density at radius 1 is 0.682 bits per heavy atom. The minimum absolute atomic E-state index is 1.35. The van der Waals surface area contributed by atoms with Crippen molar-refractivity contribution in [3.05, 3.63) is 69.1 Å². The van der Waals surface area contributed by atoms with E-state index in [-0.39, 0.29) is 0 Å². The Balaban J connectivity index is 2.83. The Labute approximate surface area is 138 Å². The van der Waals surface area contributed by atoms with E-state index in [1.54, 1.807) is 8.79 Å². The van der Waals surface area contributed by atoms with Gasteiger partial charge < -0.3 is 0 Å². The van der Waals surface area contributed by atoms with Crippen molar-refractivity contribution in [2.45, 2.75) is 47.3 Å². The van der Waals surface area contributed by atoms with Gasteiger partial charge in [0.05, 0.1) is 0 Å². The molecular weight excluding hydrogens is 325 g/mol. The average molecular weight is 353 g/mol. The van der Waals surface area contributed by atoms with Gasteiger partial charge in [0, 0.05) is 0 Å². The molecule has 1 heteroatoms. The van der Waals surface area contributed by atoms with Crippen LogP contribution in [0.2, 0.25) is 5.76 Å². The van der Waals surface area contributed by atoms with Crippen molar-refractivity contribution in [3.8, 4) is 0 Å². The number of hydrogen-bond donors (Lipinski definition) is 0. The van der Waals surface area contributed by atoms with Gasteiger partial charge in [0.2, 0.25) is 0 Å². The summed E-state index contributed by atoms with van der Waals surface area (Å²) >= 11 is -2.56. The molecule has 0 unspecified atom stereocenters. The number of aryl methyl sites for hydroxylation is 6. The summed E-state index contributed by atoms with van der Waals surface area (Å²) in [5.74, 6) is 2.49. The van der Waals surface area contributed by atoms with Crippen molar-refractivity contribution in [1.29, 1.82) is 0 Å². The van der Waals surface area contributed by atoms with Gasteiger partial charge in [-0.1, -0.05) is 0 Å². The van der Waals surface area contributed by atoms with Crippen LogP contribution in [0, 0.1) is 41.5 Å². The van der Waals surface area contributed by atoms with Crippen molar-refractivity contribution in [1.82, 2.24) is 0 Å². The third-order valence-electron chi connectivity index (χ3n) is 4.80. The predicted octanol–water partition coefficient (Wildman–Crippen LogP) is 4.46. The zero-order valence-corrected chi connectivity index (χ0v) is 17.2. The van der Waals surface area contributed by atoms with E-state index in [4.69, 9.17) is 0 Å². The third kappa shape index (κ3) is 2.81. The Bertz CT molecular complexity index is 634. The molecule has 0 nitrogen and oxygen atoms in total. The van der Waals surface area contributed by atoms with Crippen LogP contribution in [0.1, 0.15) is 33.4 Å². The number of rotatable bonds is 3. The van der Waals surface area contributed by atoms with Crippen LogP contribution in [0.5, 0.6) is 0 Å². The molecule has 0 saturated carbocycles. The fourth-order valence-corrected chi connectivity index (χ4v) is 13.2. The van der Waals surface area contributed by atoms with Crippen LogP contribution in [-0.4, -0.2) is 13.3 Å². The number of benzene rings is 2. The van der Waals surface area contributed by atoms with E-state index in [1.807, 2.05) is 0 Å². The standard InChI is InChI=1S/C21H28Ge/c1-9-22(8,20-16(4)10-14(2)11-17(20)5)21-18(6)12-15(3)13-19(21)7/h9-13H,1H2,2-8H3. The van der Waals surface area contributed by atoms with Gasteiger partial charge in [-0.2, -0.15) is 0 Å². The van der Waals surface area contributed by atoms with Gasteiger partial charge in [-0.25, -0.2) is 0 Å². The molecule has 0 bridgehead atoms. The summed E-state index contributed by atoms with van der Waals surface area (Å²) in [7, 11) is 0. The Morgan fingerprint density at radius 3 is 1.18 bits per heavy atom. The second kappa shape index (κ2) is 6.08. The van der Waals surface area contributed by atoms with E-state index in [0.29, 0.717) is 0 Å². The summed E-state index contributed by atoms with van der Waals surface area (Å²) < 4.78 is 3.16. The quantitative estimate of drug-likeness (QED) is 0.715. The van der Waals surface area contributed by atoms with E-state index >= 15 is 0 Å². The first-order valence-corrected chi connectivity index (χ1v) is 13.4. The monoisotopic (exact) mass is 354 g/mol. The Hall–Kier alpha value is -1.28. The second-order valence-corrected chi connectivity index (χ2v) is 15.0. The molecule has 2 rings (SSSR count). The normalized spacial score (nSPS) is 11.6. The number of hydrogen-bond acceptors (Lipinski definition) is 0. The molecule has 0 aliphatic carbocycles. The maximum absolute atomic E-state index is 4.28. The topological polar surface area (TPSA) is 0 Å². The summed E-state index contributed by atoms with van der Waals surface area (Å²) in [6, 6.07) is 9.31. The van der Waals surface area contributed by atoms with E-state index in [9.17, 15) is 0 Å². The Kier molecular flexibility index (Phi) is 4.72. The van der Waals surface area contributed by atoms with Crippen molar-refractivity contribution in [3.63, 3.8) is 0 Å². The van der Waals surface area contributed by atoms with Gasteiger partial charge in [0.15, 0.2) is 0 Å². The molecule has 0 fully saturated rings. The molecule has 0 atom stereocenters. The molecule has 116 valence electrons. The van der Waals surface area contributed by atoms with Gasteiger partial charge in [-0.15, -0.1) is 0 Å². The van der Waals surface area contributed by atoms with E-state index in [2.05, 4.69) is 83.1 Å². The van der Waals surface area contributed by atoms with Gasteiger partial charge >= 0.3 is 138 Å². The van der Waals surface area contributed by atoms with Crippen LogP contribution in [0.4, 0.5) is 0 Å². The molecular formula is C21H28Ge. The summed E-state index contributed by atoms with van der Waals surface area (Å²) in [5.41, 5.74) is 8.42.